The predicted molar refractivity (Wildman–Crippen MR) is 232 cm³/mol. The SMILES string of the molecule is COC(=O)N[C@H](C)C(=O)N1CCCCC1C(=O)Nc1ccc(-c2ccc(-c3ccc(NC(=O)C4CCCCN4C(=O)[C@@H](C)NC(=O)OC)cc3)c3c2CC2(CCCC2)C3)cc1. The van der Waals surface area contributed by atoms with Crippen molar-refractivity contribution in [1.29, 1.82) is 0 Å². The lowest BCUT2D eigenvalue weighted by Crippen LogP contribution is -2.55. The maximum absolute atomic E-state index is 13.6. The van der Waals surface area contributed by atoms with Crippen molar-refractivity contribution in [3.8, 4) is 22.3 Å². The van der Waals surface area contributed by atoms with Gasteiger partial charge in [0.2, 0.25) is 23.6 Å². The van der Waals surface area contributed by atoms with Crippen molar-refractivity contribution in [2.24, 2.45) is 5.41 Å². The number of likely N-dealkylation sites (tertiary alicyclic amines) is 2. The number of nitrogens with zero attached hydrogens (tertiary/aromatic N) is 2. The Labute approximate surface area is 357 Å². The van der Waals surface area contributed by atoms with Crippen LogP contribution in [0.3, 0.4) is 0 Å². The van der Waals surface area contributed by atoms with E-state index in [1.165, 1.54) is 62.2 Å². The molecule has 0 radical (unpaired) electrons. The molecule has 2 unspecified atom stereocenters. The monoisotopic (exact) mass is 834 g/mol. The Hall–Kier alpha value is -5.92. The second-order valence-corrected chi connectivity index (χ2v) is 17.1. The summed E-state index contributed by atoms with van der Waals surface area (Å²) in [5.74, 6) is -1.15. The molecule has 4 N–H and O–H groups in total. The Bertz CT molecular complexity index is 1990. The maximum atomic E-state index is 13.6. The minimum absolute atomic E-state index is 0.245. The van der Waals surface area contributed by atoms with Crippen molar-refractivity contribution in [2.75, 3.05) is 37.9 Å². The molecule has 3 aromatic carbocycles. The number of anilines is 2. The quantitative estimate of drug-likeness (QED) is 0.172. The summed E-state index contributed by atoms with van der Waals surface area (Å²) >= 11 is 0. The fraction of sp³-hybridized carbons (Fsp3) is 0.489. The number of ether oxygens (including phenoxy) is 2. The molecule has 14 nitrogen and oxygen atoms in total. The van der Waals surface area contributed by atoms with Crippen molar-refractivity contribution >= 4 is 47.2 Å². The second kappa shape index (κ2) is 18.8. The van der Waals surface area contributed by atoms with Crippen LogP contribution < -0.4 is 21.3 Å². The average Bonchev–Trinajstić information content (AvgIpc) is 3.91. The van der Waals surface area contributed by atoms with Gasteiger partial charge in [-0.15, -0.1) is 0 Å². The van der Waals surface area contributed by atoms with Crippen molar-refractivity contribution in [2.45, 2.75) is 115 Å². The van der Waals surface area contributed by atoms with Gasteiger partial charge >= 0.3 is 12.2 Å². The number of nitrogens with one attached hydrogen (secondary N) is 4. The smallest absolute Gasteiger partial charge is 0.407 e. The third kappa shape index (κ3) is 9.53. The van der Waals surface area contributed by atoms with E-state index in [0.717, 1.165) is 49.7 Å². The van der Waals surface area contributed by atoms with Crippen LogP contribution in [0.5, 0.6) is 0 Å². The van der Waals surface area contributed by atoms with Crippen LogP contribution in [0.4, 0.5) is 21.0 Å². The van der Waals surface area contributed by atoms with Crippen molar-refractivity contribution in [3.05, 3.63) is 71.8 Å². The number of carbonyl (C=O) groups is 6. The largest absolute Gasteiger partial charge is 0.453 e. The van der Waals surface area contributed by atoms with E-state index in [-0.39, 0.29) is 29.0 Å². The average molecular weight is 835 g/mol. The number of amides is 6. The van der Waals surface area contributed by atoms with E-state index in [1.807, 2.05) is 48.5 Å². The minimum Gasteiger partial charge on any atom is -0.453 e. The standard InChI is InChI=1S/C47H58N6O8/c1-29(48-45(58)60-3)43(56)52-25-9-5-11-39(52)41(54)50-33-17-13-31(14-18-33)35-21-22-36(38-28-47(27-37(35)38)23-7-8-24-47)32-15-19-34(20-16-32)51-42(55)40-12-6-10-26-53(40)44(57)30(2)49-46(59)61-4/h13-22,29-30,39-40H,5-12,23-28H2,1-4H3,(H,48,58)(H,49,59)(H,50,54)(H,51,55)/t29-,30-,39?,40?/m1/s1. The lowest BCUT2D eigenvalue weighted by Gasteiger charge is -2.36. The van der Waals surface area contributed by atoms with E-state index in [2.05, 4.69) is 42.9 Å². The zero-order valence-electron chi connectivity index (χ0n) is 35.6. The summed E-state index contributed by atoms with van der Waals surface area (Å²) in [6.07, 6.45) is 9.80. The van der Waals surface area contributed by atoms with Crippen LogP contribution in [0.2, 0.25) is 0 Å². The molecule has 4 aliphatic rings. The van der Waals surface area contributed by atoms with Crippen LogP contribution in [0.25, 0.3) is 22.3 Å². The summed E-state index contributed by atoms with van der Waals surface area (Å²) in [4.78, 5) is 80.2. The van der Waals surface area contributed by atoms with Crippen LogP contribution in [-0.4, -0.2) is 97.1 Å². The summed E-state index contributed by atoms with van der Waals surface area (Å²) in [5, 5.41) is 11.1. The van der Waals surface area contributed by atoms with Gasteiger partial charge in [-0.25, -0.2) is 9.59 Å². The minimum atomic E-state index is -0.823. The summed E-state index contributed by atoms with van der Waals surface area (Å²) in [7, 11) is 2.48. The van der Waals surface area contributed by atoms with Gasteiger partial charge in [0, 0.05) is 24.5 Å². The fourth-order valence-corrected chi connectivity index (χ4v) is 9.87. The molecule has 2 aliphatic heterocycles. The molecule has 0 bridgehead atoms. The van der Waals surface area contributed by atoms with Crippen LogP contribution >= 0.6 is 0 Å². The van der Waals surface area contributed by atoms with Crippen LogP contribution in [0.1, 0.15) is 89.2 Å². The van der Waals surface area contributed by atoms with Crippen molar-refractivity contribution in [1.82, 2.24) is 20.4 Å². The molecule has 324 valence electrons. The van der Waals surface area contributed by atoms with E-state index in [0.29, 0.717) is 37.3 Å². The molecule has 3 aromatic rings. The second-order valence-electron chi connectivity index (χ2n) is 17.1. The van der Waals surface area contributed by atoms with Crippen LogP contribution in [0.15, 0.2) is 60.7 Å². The van der Waals surface area contributed by atoms with Crippen molar-refractivity contribution < 1.29 is 38.2 Å². The number of carbonyl (C=O) groups excluding carboxylic acids is 6. The highest BCUT2D eigenvalue weighted by Gasteiger charge is 2.42. The lowest BCUT2D eigenvalue weighted by molar-refractivity contribution is -0.141. The molecule has 7 rings (SSSR count). The maximum Gasteiger partial charge on any atom is 0.407 e. The predicted octanol–water partition coefficient (Wildman–Crippen LogP) is 6.81. The van der Waals surface area contributed by atoms with Crippen LogP contribution in [0, 0.1) is 5.41 Å². The molecule has 14 heteroatoms. The Morgan fingerprint density at radius 1 is 0.574 bits per heavy atom. The number of benzene rings is 3. The molecule has 4 atom stereocenters. The third-order valence-electron chi connectivity index (χ3n) is 13.1. The number of alkyl carbamates (subject to hydrolysis) is 2. The Morgan fingerprint density at radius 3 is 1.34 bits per heavy atom. The fourth-order valence-electron chi connectivity index (χ4n) is 9.87. The molecule has 61 heavy (non-hydrogen) atoms. The number of methoxy groups -OCH3 is 2. The summed E-state index contributed by atoms with van der Waals surface area (Å²) in [6, 6.07) is 17.3. The molecule has 0 aromatic heterocycles. The number of piperidine rings is 2. The van der Waals surface area contributed by atoms with E-state index >= 15 is 0 Å². The zero-order chi connectivity index (χ0) is 43.3. The molecular weight excluding hydrogens is 777 g/mol. The van der Waals surface area contributed by atoms with Gasteiger partial charge in [0.15, 0.2) is 0 Å². The molecular formula is C47H58N6O8. The molecule has 2 saturated heterocycles. The Kier molecular flexibility index (Phi) is 13.3. The third-order valence-corrected chi connectivity index (χ3v) is 13.1. The number of hydrogen-bond donors (Lipinski definition) is 4. The number of hydrogen-bond acceptors (Lipinski definition) is 8. The van der Waals surface area contributed by atoms with Gasteiger partial charge in [-0.05, 0) is 141 Å². The van der Waals surface area contributed by atoms with Gasteiger partial charge in [-0.3, -0.25) is 19.2 Å². The van der Waals surface area contributed by atoms with Gasteiger partial charge < -0.3 is 40.5 Å². The molecule has 1 saturated carbocycles. The highest BCUT2D eigenvalue weighted by molar-refractivity contribution is 5.99. The van der Waals surface area contributed by atoms with E-state index in [4.69, 9.17) is 0 Å². The Balaban J connectivity index is 1.06. The first-order valence-electron chi connectivity index (χ1n) is 21.7. The van der Waals surface area contributed by atoms with E-state index in [9.17, 15) is 28.8 Å². The topological polar surface area (TPSA) is 175 Å². The Morgan fingerprint density at radius 2 is 0.967 bits per heavy atom. The lowest BCUT2D eigenvalue weighted by atomic mass is 9.82. The first-order valence-corrected chi connectivity index (χ1v) is 21.7. The summed E-state index contributed by atoms with van der Waals surface area (Å²) in [6.45, 7) is 4.06. The molecule has 2 heterocycles. The first-order chi connectivity index (χ1) is 29.4. The highest BCUT2D eigenvalue weighted by Crippen LogP contribution is 2.53. The molecule has 6 amide bonds. The summed E-state index contributed by atoms with van der Waals surface area (Å²) in [5.41, 5.74) is 8.76. The first kappa shape index (κ1) is 43.2. The highest BCUT2D eigenvalue weighted by atomic mass is 16.5. The number of rotatable bonds is 10. The van der Waals surface area contributed by atoms with Gasteiger partial charge in [0.25, 0.3) is 0 Å². The number of fused-ring (bicyclic) bond motifs is 1. The van der Waals surface area contributed by atoms with Gasteiger partial charge in [0.1, 0.15) is 24.2 Å². The van der Waals surface area contributed by atoms with Gasteiger partial charge in [-0.2, -0.15) is 0 Å². The summed E-state index contributed by atoms with van der Waals surface area (Å²) < 4.78 is 9.30. The normalized spacial score (nSPS) is 20.2. The van der Waals surface area contributed by atoms with Gasteiger partial charge in [0.05, 0.1) is 14.2 Å². The van der Waals surface area contributed by atoms with E-state index in [1.54, 1.807) is 23.6 Å². The van der Waals surface area contributed by atoms with Crippen molar-refractivity contribution in [3.63, 3.8) is 0 Å². The zero-order valence-corrected chi connectivity index (χ0v) is 35.6. The molecule has 2 aliphatic carbocycles. The van der Waals surface area contributed by atoms with E-state index < -0.39 is 36.4 Å². The van der Waals surface area contributed by atoms with Crippen LogP contribution in [-0.2, 0) is 41.5 Å². The molecule has 3 fully saturated rings. The molecule has 1 spiro atoms. The van der Waals surface area contributed by atoms with Gasteiger partial charge in [-0.1, -0.05) is 49.2 Å².